The fraction of sp³-hybridized carbons (Fsp3) is 0.389. The molecular weight excluding hydrogens is 288 g/mol. The Hall–Kier alpha value is -2.27. The number of rotatable bonds is 3. The Bertz CT molecular complexity index is 741. The van der Waals surface area contributed by atoms with E-state index in [1.165, 1.54) is 11.1 Å². The van der Waals surface area contributed by atoms with Crippen LogP contribution in [0, 0.1) is 19.8 Å². The van der Waals surface area contributed by atoms with Crippen molar-refractivity contribution in [1.82, 2.24) is 14.9 Å². The van der Waals surface area contributed by atoms with E-state index in [4.69, 9.17) is 4.84 Å². The van der Waals surface area contributed by atoms with Crippen molar-refractivity contribution >= 4 is 5.71 Å². The fourth-order valence-electron chi connectivity index (χ4n) is 3.41. The fourth-order valence-corrected chi connectivity index (χ4v) is 3.41. The van der Waals surface area contributed by atoms with E-state index in [0.29, 0.717) is 5.92 Å². The van der Waals surface area contributed by atoms with Gasteiger partial charge in [-0.2, -0.15) is 0 Å². The number of benzene rings is 1. The highest BCUT2D eigenvalue weighted by atomic mass is 16.6. The van der Waals surface area contributed by atoms with Crippen LogP contribution in [-0.4, -0.2) is 39.8 Å². The van der Waals surface area contributed by atoms with Crippen LogP contribution in [0.1, 0.15) is 22.5 Å². The van der Waals surface area contributed by atoms with E-state index in [2.05, 4.69) is 51.2 Å². The normalized spacial score (nSPS) is 23.5. The molecule has 0 spiro atoms. The summed E-state index contributed by atoms with van der Waals surface area (Å²) >= 11 is 0. The number of hydrogen-bond donors (Lipinski definition) is 0. The molecule has 5 nitrogen and oxygen atoms in total. The lowest BCUT2D eigenvalue weighted by Crippen LogP contribution is -2.23. The number of aromatic nitrogens is 2. The quantitative estimate of drug-likeness (QED) is 0.873. The second-order valence-electron chi connectivity index (χ2n) is 6.37. The standard InChI is InChI=1S/C18H20N4O/c1-12-5-3-4-6-15(12)18-16-10-22(11-17(16)23-21-18)9-14-7-19-13(2)20-8-14/h3-8,16-17H,9-11H2,1-2H3/t16-,17-/m0/s1. The van der Waals surface area contributed by atoms with Gasteiger partial charge in [-0.3, -0.25) is 4.90 Å². The van der Waals surface area contributed by atoms with E-state index >= 15 is 0 Å². The number of oxime groups is 1. The maximum absolute atomic E-state index is 5.70. The van der Waals surface area contributed by atoms with Crippen molar-refractivity contribution in [3.8, 4) is 0 Å². The van der Waals surface area contributed by atoms with Gasteiger partial charge in [0.1, 0.15) is 11.9 Å². The van der Waals surface area contributed by atoms with Crippen LogP contribution >= 0.6 is 0 Å². The molecule has 2 atom stereocenters. The van der Waals surface area contributed by atoms with Crippen LogP contribution in [0.5, 0.6) is 0 Å². The Morgan fingerprint density at radius 2 is 1.91 bits per heavy atom. The van der Waals surface area contributed by atoms with E-state index in [1.807, 2.05) is 19.3 Å². The van der Waals surface area contributed by atoms with Crippen molar-refractivity contribution in [1.29, 1.82) is 0 Å². The van der Waals surface area contributed by atoms with Crippen molar-refractivity contribution in [3.05, 3.63) is 59.2 Å². The monoisotopic (exact) mass is 308 g/mol. The van der Waals surface area contributed by atoms with Gasteiger partial charge >= 0.3 is 0 Å². The Labute approximate surface area is 136 Å². The van der Waals surface area contributed by atoms with Crippen molar-refractivity contribution in [2.45, 2.75) is 26.5 Å². The minimum Gasteiger partial charge on any atom is -0.390 e. The molecule has 3 heterocycles. The van der Waals surface area contributed by atoms with Crippen LogP contribution in [0.4, 0.5) is 0 Å². The second kappa shape index (κ2) is 5.74. The van der Waals surface area contributed by atoms with Gasteiger partial charge in [-0.05, 0) is 19.4 Å². The van der Waals surface area contributed by atoms with Gasteiger partial charge < -0.3 is 4.84 Å². The molecule has 2 aliphatic heterocycles. The molecule has 0 radical (unpaired) electrons. The van der Waals surface area contributed by atoms with Crippen molar-refractivity contribution in [2.75, 3.05) is 13.1 Å². The van der Waals surface area contributed by atoms with E-state index in [-0.39, 0.29) is 6.10 Å². The first-order valence-electron chi connectivity index (χ1n) is 8.00. The van der Waals surface area contributed by atoms with Crippen LogP contribution in [0.15, 0.2) is 41.8 Å². The lowest BCUT2D eigenvalue weighted by atomic mass is 9.92. The first-order valence-corrected chi connectivity index (χ1v) is 8.00. The molecule has 23 heavy (non-hydrogen) atoms. The number of hydrogen-bond acceptors (Lipinski definition) is 5. The van der Waals surface area contributed by atoms with Crippen LogP contribution in [-0.2, 0) is 11.4 Å². The van der Waals surface area contributed by atoms with Gasteiger partial charge in [0.15, 0.2) is 0 Å². The lowest BCUT2D eigenvalue weighted by Gasteiger charge is -2.16. The topological polar surface area (TPSA) is 50.6 Å². The maximum Gasteiger partial charge on any atom is 0.149 e. The molecule has 4 rings (SSSR count). The van der Waals surface area contributed by atoms with Crippen LogP contribution in [0.2, 0.25) is 0 Å². The van der Waals surface area contributed by atoms with Crippen LogP contribution in [0.3, 0.4) is 0 Å². The maximum atomic E-state index is 5.70. The summed E-state index contributed by atoms with van der Waals surface area (Å²) in [5, 5.41) is 4.37. The molecule has 1 aromatic carbocycles. The molecule has 0 aliphatic carbocycles. The second-order valence-corrected chi connectivity index (χ2v) is 6.37. The first-order chi connectivity index (χ1) is 11.2. The van der Waals surface area contributed by atoms with E-state index < -0.39 is 0 Å². The summed E-state index contributed by atoms with van der Waals surface area (Å²) in [5.41, 5.74) is 4.70. The van der Waals surface area contributed by atoms with Gasteiger partial charge in [-0.25, -0.2) is 9.97 Å². The highest BCUT2D eigenvalue weighted by Crippen LogP contribution is 2.31. The highest BCUT2D eigenvalue weighted by Gasteiger charge is 2.42. The smallest absolute Gasteiger partial charge is 0.149 e. The van der Waals surface area contributed by atoms with Gasteiger partial charge in [0.05, 0.1) is 11.6 Å². The van der Waals surface area contributed by atoms with E-state index in [1.54, 1.807) is 0 Å². The molecule has 1 fully saturated rings. The average Bonchev–Trinajstić information content (AvgIpc) is 3.10. The Kier molecular flexibility index (Phi) is 3.58. The van der Waals surface area contributed by atoms with Gasteiger partial charge in [0, 0.05) is 43.2 Å². The highest BCUT2D eigenvalue weighted by molar-refractivity contribution is 6.04. The number of fused-ring (bicyclic) bond motifs is 1. The average molecular weight is 308 g/mol. The zero-order valence-electron chi connectivity index (χ0n) is 13.4. The number of likely N-dealkylation sites (tertiary alicyclic amines) is 1. The Morgan fingerprint density at radius 1 is 1.13 bits per heavy atom. The number of nitrogens with zero attached hydrogens (tertiary/aromatic N) is 4. The third kappa shape index (κ3) is 2.72. The summed E-state index contributed by atoms with van der Waals surface area (Å²) in [6.45, 7) is 6.76. The number of aryl methyl sites for hydroxylation is 2. The molecule has 0 N–H and O–H groups in total. The molecule has 0 saturated carbocycles. The Balaban J connectivity index is 1.49. The predicted octanol–water partition coefficient (Wildman–Crippen LogP) is 2.33. The van der Waals surface area contributed by atoms with E-state index in [0.717, 1.165) is 36.7 Å². The zero-order valence-corrected chi connectivity index (χ0v) is 13.4. The largest absolute Gasteiger partial charge is 0.390 e. The minimum absolute atomic E-state index is 0.163. The summed E-state index contributed by atoms with van der Waals surface area (Å²) in [5.74, 6) is 1.16. The van der Waals surface area contributed by atoms with Crippen molar-refractivity contribution in [2.24, 2.45) is 11.1 Å². The summed E-state index contributed by atoms with van der Waals surface area (Å²) in [6.07, 6.45) is 3.98. The summed E-state index contributed by atoms with van der Waals surface area (Å²) in [4.78, 5) is 16.6. The molecule has 1 saturated heterocycles. The molecule has 0 unspecified atom stereocenters. The van der Waals surface area contributed by atoms with Crippen molar-refractivity contribution in [3.63, 3.8) is 0 Å². The summed E-state index contributed by atoms with van der Waals surface area (Å²) in [7, 11) is 0. The van der Waals surface area contributed by atoms with E-state index in [9.17, 15) is 0 Å². The zero-order chi connectivity index (χ0) is 15.8. The third-order valence-electron chi connectivity index (χ3n) is 4.64. The minimum atomic E-state index is 0.163. The molecule has 118 valence electrons. The van der Waals surface area contributed by atoms with Gasteiger partial charge in [-0.15, -0.1) is 0 Å². The summed E-state index contributed by atoms with van der Waals surface area (Å²) in [6, 6.07) is 8.39. The molecule has 1 aromatic heterocycles. The summed E-state index contributed by atoms with van der Waals surface area (Å²) < 4.78 is 0. The van der Waals surface area contributed by atoms with Crippen LogP contribution < -0.4 is 0 Å². The third-order valence-corrected chi connectivity index (χ3v) is 4.64. The molecular formula is C18H20N4O. The molecule has 2 aromatic rings. The molecule has 0 amide bonds. The molecule has 0 bridgehead atoms. The lowest BCUT2D eigenvalue weighted by molar-refractivity contribution is 0.0745. The SMILES string of the molecule is Cc1ncc(CN2C[C@@H]3ON=C(c4ccccc4C)[C@H]3C2)cn1. The van der Waals surface area contributed by atoms with Gasteiger partial charge in [0.25, 0.3) is 0 Å². The first kappa shape index (κ1) is 14.3. The molecule has 2 aliphatic rings. The van der Waals surface area contributed by atoms with Gasteiger partial charge in [0.2, 0.25) is 0 Å². The van der Waals surface area contributed by atoms with Crippen molar-refractivity contribution < 1.29 is 4.84 Å². The Morgan fingerprint density at radius 3 is 2.70 bits per heavy atom. The van der Waals surface area contributed by atoms with Gasteiger partial charge in [-0.1, -0.05) is 29.4 Å². The predicted molar refractivity (Wildman–Crippen MR) is 88.1 cm³/mol. The molecule has 5 heteroatoms. The van der Waals surface area contributed by atoms with Crippen LogP contribution in [0.25, 0.3) is 0 Å².